The molecule has 1 heterocycles. The molecule has 2 rings (SSSR count). The SMILES string of the molecule is CCC1(CC)CC(NCc2cccc([N+](=O)[O-])c2)CCO1. The van der Waals surface area contributed by atoms with E-state index in [1.54, 1.807) is 12.1 Å². The molecule has 1 saturated heterocycles. The summed E-state index contributed by atoms with van der Waals surface area (Å²) in [5, 5.41) is 14.3. The van der Waals surface area contributed by atoms with Crippen LogP contribution < -0.4 is 5.32 Å². The fourth-order valence-electron chi connectivity index (χ4n) is 2.99. The molecule has 1 aliphatic heterocycles. The Balaban J connectivity index is 1.93. The normalized spacial score (nSPS) is 21.1. The van der Waals surface area contributed by atoms with Crippen molar-refractivity contribution >= 4 is 5.69 Å². The lowest BCUT2D eigenvalue weighted by molar-refractivity contribution is -0.384. The van der Waals surface area contributed by atoms with E-state index in [4.69, 9.17) is 4.74 Å². The van der Waals surface area contributed by atoms with Crippen LogP contribution in [0.15, 0.2) is 24.3 Å². The van der Waals surface area contributed by atoms with Crippen LogP contribution in [-0.2, 0) is 11.3 Å². The Labute approximate surface area is 125 Å². The minimum Gasteiger partial charge on any atom is -0.375 e. The van der Waals surface area contributed by atoms with E-state index in [0.29, 0.717) is 12.6 Å². The molecule has 0 saturated carbocycles. The van der Waals surface area contributed by atoms with Crippen LogP contribution in [0.3, 0.4) is 0 Å². The highest BCUT2D eigenvalue weighted by atomic mass is 16.6. The lowest BCUT2D eigenvalue weighted by Crippen LogP contribution is -2.46. The summed E-state index contributed by atoms with van der Waals surface area (Å²) in [4.78, 5) is 10.4. The Morgan fingerprint density at radius 1 is 1.43 bits per heavy atom. The van der Waals surface area contributed by atoms with Gasteiger partial charge in [-0.25, -0.2) is 0 Å². The standard InChI is InChI=1S/C16H24N2O3/c1-3-16(4-2)11-14(8-9-21-16)17-12-13-6-5-7-15(10-13)18(19)20/h5-7,10,14,17H,3-4,8-9,11-12H2,1-2H3. The van der Waals surface area contributed by atoms with Gasteiger partial charge in [-0.15, -0.1) is 0 Å². The average molecular weight is 292 g/mol. The summed E-state index contributed by atoms with van der Waals surface area (Å²) in [6.45, 7) is 5.79. The van der Waals surface area contributed by atoms with Gasteiger partial charge in [0.25, 0.3) is 5.69 Å². The predicted octanol–water partition coefficient (Wildman–Crippen LogP) is 3.42. The molecule has 21 heavy (non-hydrogen) atoms. The van der Waals surface area contributed by atoms with Crippen LogP contribution in [0.4, 0.5) is 5.69 Å². The van der Waals surface area contributed by atoms with E-state index in [-0.39, 0.29) is 16.2 Å². The number of hydrogen-bond acceptors (Lipinski definition) is 4. The molecule has 0 aromatic heterocycles. The first-order valence-corrected chi connectivity index (χ1v) is 7.69. The molecule has 1 aromatic rings. The second kappa shape index (κ2) is 7.00. The van der Waals surface area contributed by atoms with Crippen molar-refractivity contribution in [1.29, 1.82) is 0 Å². The molecule has 0 aliphatic carbocycles. The number of nitrogens with zero attached hydrogens (tertiary/aromatic N) is 1. The Morgan fingerprint density at radius 2 is 2.19 bits per heavy atom. The van der Waals surface area contributed by atoms with Crippen LogP contribution in [0.2, 0.25) is 0 Å². The number of non-ortho nitro benzene ring substituents is 1. The number of nitro groups is 1. The van der Waals surface area contributed by atoms with Gasteiger partial charge < -0.3 is 10.1 Å². The highest BCUT2D eigenvalue weighted by Gasteiger charge is 2.34. The third kappa shape index (κ3) is 4.02. The van der Waals surface area contributed by atoms with E-state index in [1.807, 2.05) is 6.07 Å². The predicted molar refractivity (Wildman–Crippen MR) is 82.2 cm³/mol. The number of nitro benzene ring substituents is 1. The fraction of sp³-hybridized carbons (Fsp3) is 0.625. The third-order valence-electron chi connectivity index (χ3n) is 4.50. The number of rotatable bonds is 6. The van der Waals surface area contributed by atoms with E-state index < -0.39 is 0 Å². The van der Waals surface area contributed by atoms with Crippen molar-refractivity contribution < 1.29 is 9.66 Å². The molecule has 0 radical (unpaired) electrons. The molecule has 1 N–H and O–H groups in total. The first-order chi connectivity index (χ1) is 10.1. The minimum atomic E-state index is -0.350. The maximum absolute atomic E-state index is 10.8. The van der Waals surface area contributed by atoms with Gasteiger partial charge in [0.05, 0.1) is 10.5 Å². The van der Waals surface area contributed by atoms with Gasteiger partial charge in [-0.05, 0) is 31.2 Å². The monoisotopic (exact) mass is 292 g/mol. The summed E-state index contributed by atoms with van der Waals surface area (Å²) in [5.74, 6) is 0. The van der Waals surface area contributed by atoms with Gasteiger partial charge in [-0.3, -0.25) is 10.1 Å². The number of ether oxygens (including phenoxy) is 1. The highest BCUT2D eigenvalue weighted by molar-refractivity contribution is 5.34. The second-order valence-electron chi connectivity index (χ2n) is 5.74. The highest BCUT2D eigenvalue weighted by Crippen LogP contribution is 2.31. The Bertz CT molecular complexity index is 486. The zero-order chi connectivity index (χ0) is 15.3. The Morgan fingerprint density at radius 3 is 2.86 bits per heavy atom. The zero-order valence-electron chi connectivity index (χ0n) is 12.8. The smallest absolute Gasteiger partial charge is 0.269 e. The van der Waals surface area contributed by atoms with Crippen molar-refractivity contribution in [2.24, 2.45) is 0 Å². The first-order valence-electron chi connectivity index (χ1n) is 7.69. The molecular weight excluding hydrogens is 268 g/mol. The van der Waals surface area contributed by atoms with Crippen LogP contribution >= 0.6 is 0 Å². The molecule has 1 atom stereocenters. The van der Waals surface area contributed by atoms with Gasteiger partial charge in [0.2, 0.25) is 0 Å². The van der Waals surface area contributed by atoms with Crippen molar-refractivity contribution in [3.63, 3.8) is 0 Å². The number of nitrogens with one attached hydrogen (secondary N) is 1. The van der Waals surface area contributed by atoms with Crippen molar-refractivity contribution in [1.82, 2.24) is 5.32 Å². The number of benzene rings is 1. The van der Waals surface area contributed by atoms with Crippen LogP contribution in [0.5, 0.6) is 0 Å². The molecule has 5 nitrogen and oxygen atoms in total. The van der Waals surface area contributed by atoms with E-state index in [9.17, 15) is 10.1 Å². The lowest BCUT2D eigenvalue weighted by atomic mass is 9.86. The summed E-state index contributed by atoms with van der Waals surface area (Å²) in [6.07, 6.45) is 4.06. The van der Waals surface area contributed by atoms with Gasteiger partial charge in [0, 0.05) is 31.3 Å². The number of hydrogen-bond donors (Lipinski definition) is 1. The molecular formula is C16H24N2O3. The second-order valence-corrected chi connectivity index (χ2v) is 5.74. The van der Waals surface area contributed by atoms with Crippen molar-refractivity contribution in [2.45, 2.75) is 57.7 Å². The van der Waals surface area contributed by atoms with Crippen molar-refractivity contribution in [2.75, 3.05) is 6.61 Å². The Hall–Kier alpha value is -1.46. The third-order valence-corrected chi connectivity index (χ3v) is 4.50. The molecule has 5 heteroatoms. The zero-order valence-corrected chi connectivity index (χ0v) is 12.8. The summed E-state index contributed by atoms with van der Waals surface area (Å²) in [5.41, 5.74) is 1.10. The van der Waals surface area contributed by atoms with Gasteiger partial charge in [0.1, 0.15) is 0 Å². The lowest BCUT2D eigenvalue weighted by Gasteiger charge is -2.40. The van der Waals surface area contributed by atoms with E-state index >= 15 is 0 Å². The van der Waals surface area contributed by atoms with E-state index in [0.717, 1.165) is 37.9 Å². The maximum Gasteiger partial charge on any atom is 0.269 e. The van der Waals surface area contributed by atoms with Crippen LogP contribution in [-0.4, -0.2) is 23.2 Å². The minimum absolute atomic E-state index is 0.00139. The van der Waals surface area contributed by atoms with Gasteiger partial charge in [-0.1, -0.05) is 26.0 Å². The summed E-state index contributed by atoms with van der Waals surface area (Å²) in [7, 11) is 0. The van der Waals surface area contributed by atoms with Crippen LogP contribution in [0, 0.1) is 10.1 Å². The first kappa shape index (κ1) is 15.9. The average Bonchev–Trinajstić information content (AvgIpc) is 2.53. The van der Waals surface area contributed by atoms with E-state index in [1.165, 1.54) is 6.07 Å². The molecule has 0 amide bonds. The summed E-state index contributed by atoms with van der Waals surface area (Å²) >= 11 is 0. The topological polar surface area (TPSA) is 64.4 Å². The molecule has 116 valence electrons. The largest absolute Gasteiger partial charge is 0.375 e. The van der Waals surface area contributed by atoms with Gasteiger partial charge >= 0.3 is 0 Å². The van der Waals surface area contributed by atoms with Crippen molar-refractivity contribution in [3.8, 4) is 0 Å². The quantitative estimate of drug-likeness (QED) is 0.644. The van der Waals surface area contributed by atoms with Crippen LogP contribution in [0.25, 0.3) is 0 Å². The van der Waals surface area contributed by atoms with Gasteiger partial charge in [0.15, 0.2) is 0 Å². The summed E-state index contributed by atoms with van der Waals surface area (Å²) < 4.78 is 5.97. The molecule has 1 aliphatic rings. The fourth-order valence-corrected chi connectivity index (χ4v) is 2.99. The summed E-state index contributed by atoms with van der Waals surface area (Å²) in [6, 6.07) is 7.24. The van der Waals surface area contributed by atoms with Crippen LogP contribution in [0.1, 0.15) is 45.1 Å². The molecule has 0 spiro atoms. The Kier molecular flexibility index (Phi) is 5.31. The molecule has 1 fully saturated rings. The maximum atomic E-state index is 10.8. The van der Waals surface area contributed by atoms with E-state index in [2.05, 4.69) is 19.2 Å². The van der Waals surface area contributed by atoms with Crippen molar-refractivity contribution in [3.05, 3.63) is 39.9 Å². The molecule has 0 bridgehead atoms. The molecule has 1 aromatic carbocycles. The van der Waals surface area contributed by atoms with Gasteiger partial charge in [-0.2, -0.15) is 0 Å². The molecule has 1 unspecified atom stereocenters.